The summed E-state index contributed by atoms with van der Waals surface area (Å²) < 4.78 is 0. The van der Waals surface area contributed by atoms with E-state index >= 15 is 0 Å². The first-order chi connectivity index (χ1) is 7.15. The van der Waals surface area contributed by atoms with E-state index in [1.165, 1.54) is 6.07 Å². The SMILES string of the molecule is N#CCCN(C(=O)[O-])c1cccc(Cl)c1. The number of rotatable bonds is 3. The van der Waals surface area contributed by atoms with Gasteiger partial charge in [-0.2, -0.15) is 5.26 Å². The summed E-state index contributed by atoms with van der Waals surface area (Å²) in [6.07, 6.45) is -1.23. The fourth-order valence-corrected chi connectivity index (χ4v) is 1.32. The standard InChI is InChI=1S/C10H9ClN2O2/c11-8-3-1-4-9(7-8)13(10(14)15)6-2-5-12/h1,3-4,7H,2,6H2,(H,14,15)/p-1. The lowest BCUT2D eigenvalue weighted by atomic mass is 10.3. The summed E-state index contributed by atoms with van der Waals surface area (Å²) in [4.78, 5) is 11.8. The number of halogens is 1. The maximum atomic E-state index is 10.8. The second-order valence-corrected chi connectivity index (χ2v) is 3.24. The molecule has 5 heteroatoms. The first-order valence-electron chi connectivity index (χ1n) is 4.26. The van der Waals surface area contributed by atoms with Crippen LogP contribution in [0.5, 0.6) is 0 Å². The minimum absolute atomic E-state index is 0.0825. The number of carboxylic acid groups (broad SMARTS) is 1. The molecular formula is C10H8ClN2O2-. The van der Waals surface area contributed by atoms with Crippen LogP contribution in [0.1, 0.15) is 6.42 Å². The highest BCUT2D eigenvalue weighted by Gasteiger charge is 2.07. The molecule has 0 fully saturated rings. The molecule has 0 atom stereocenters. The van der Waals surface area contributed by atoms with Gasteiger partial charge in [-0.25, -0.2) is 0 Å². The average molecular weight is 224 g/mol. The van der Waals surface area contributed by atoms with E-state index < -0.39 is 6.09 Å². The molecule has 0 saturated carbocycles. The van der Waals surface area contributed by atoms with Gasteiger partial charge in [0.05, 0.1) is 12.5 Å². The molecule has 0 unspecified atom stereocenters. The number of nitriles is 1. The van der Waals surface area contributed by atoms with E-state index in [2.05, 4.69) is 0 Å². The lowest BCUT2D eigenvalue weighted by molar-refractivity contribution is -0.246. The molecule has 0 aliphatic rings. The van der Waals surface area contributed by atoms with Gasteiger partial charge >= 0.3 is 0 Å². The van der Waals surface area contributed by atoms with E-state index in [9.17, 15) is 9.90 Å². The van der Waals surface area contributed by atoms with Gasteiger partial charge in [0.15, 0.2) is 0 Å². The molecule has 0 radical (unpaired) electrons. The highest BCUT2D eigenvalue weighted by molar-refractivity contribution is 6.30. The number of carbonyl (C=O) groups excluding carboxylic acids is 1. The van der Waals surface area contributed by atoms with Crippen molar-refractivity contribution in [3.05, 3.63) is 29.3 Å². The molecule has 0 aromatic heterocycles. The highest BCUT2D eigenvalue weighted by Crippen LogP contribution is 2.19. The molecule has 15 heavy (non-hydrogen) atoms. The molecule has 0 aliphatic heterocycles. The third kappa shape index (κ3) is 3.15. The van der Waals surface area contributed by atoms with Crippen molar-refractivity contribution >= 4 is 23.4 Å². The minimum Gasteiger partial charge on any atom is -0.530 e. The zero-order valence-electron chi connectivity index (χ0n) is 7.81. The molecule has 0 N–H and O–H groups in total. The fraction of sp³-hybridized carbons (Fsp3) is 0.200. The van der Waals surface area contributed by atoms with Crippen LogP contribution in [0.4, 0.5) is 10.5 Å². The van der Waals surface area contributed by atoms with Crippen molar-refractivity contribution in [1.29, 1.82) is 5.26 Å². The van der Waals surface area contributed by atoms with E-state index in [4.69, 9.17) is 16.9 Å². The molecule has 0 aliphatic carbocycles. The van der Waals surface area contributed by atoms with E-state index in [0.717, 1.165) is 4.90 Å². The summed E-state index contributed by atoms with van der Waals surface area (Å²) in [5.74, 6) is 0. The van der Waals surface area contributed by atoms with Gasteiger partial charge in [0.1, 0.15) is 6.09 Å². The third-order valence-corrected chi connectivity index (χ3v) is 2.02. The molecule has 0 spiro atoms. The molecule has 1 rings (SSSR count). The molecule has 78 valence electrons. The Balaban J connectivity index is 2.89. The number of amides is 1. The topological polar surface area (TPSA) is 67.2 Å². The van der Waals surface area contributed by atoms with E-state index in [1.54, 1.807) is 18.2 Å². The zero-order chi connectivity index (χ0) is 11.3. The minimum atomic E-state index is -1.34. The second kappa shape index (κ2) is 5.23. The Bertz CT molecular complexity index is 401. The van der Waals surface area contributed by atoms with Crippen LogP contribution in [-0.4, -0.2) is 12.6 Å². The summed E-state index contributed by atoms with van der Waals surface area (Å²) in [6, 6.07) is 8.26. The van der Waals surface area contributed by atoms with Crippen LogP contribution >= 0.6 is 11.6 Å². The Morgan fingerprint density at radius 1 is 1.60 bits per heavy atom. The van der Waals surface area contributed by atoms with E-state index in [0.29, 0.717) is 10.7 Å². The quantitative estimate of drug-likeness (QED) is 0.778. The summed E-state index contributed by atoms with van der Waals surface area (Å²) in [5.41, 5.74) is 0.415. The van der Waals surface area contributed by atoms with Crippen LogP contribution in [0.2, 0.25) is 5.02 Å². The van der Waals surface area contributed by atoms with Gasteiger partial charge in [0.25, 0.3) is 0 Å². The monoisotopic (exact) mass is 223 g/mol. The third-order valence-electron chi connectivity index (χ3n) is 1.79. The number of anilines is 1. The molecule has 1 aromatic carbocycles. The molecule has 0 saturated heterocycles. The molecule has 1 amide bonds. The van der Waals surface area contributed by atoms with E-state index in [-0.39, 0.29) is 13.0 Å². The smallest absolute Gasteiger partial charge is 0.141 e. The number of nitrogens with zero attached hydrogens (tertiary/aromatic N) is 2. The first-order valence-corrected chi connectivity index (χ1v) is 4.64. The summed E-state index contributed by atoms with van der Waals surface area (Å²) >= 11 is 5.72. The largest absolute Gasteiger partial charge is 0.530 e. The van der Waals surface area contributed by atoms with Crippen molar-refractivity contribution in [3.63, 3.8) is 0 Å². The Morgan fingerprint density at radius 2 is 2.33 bits per heavy atom. The summed E-state index contributed by atoms with van der Waals surface area (Å²) in [6.45, 7) is 0.0825. The highest BCUT2D eigenvalue weighted by atomic mass is 35.5. The number of hydrogen-bond donors (Lipinski definition) is 0. The maximum absolute atomic E-state index is 10.8. The average Bonchev–Trinajstić information content (AvgIpc) is 2.18. The Morgan fingerprint density at radius 3 is 2.87 bits per heavy atom. The summed E-state index contributed by atoms with van der Waals surface area (Å²) in [5, 5.41) is 19.6. The van der Waals surface area contributed by atoms with Crippen LogP contribution in [0.15, 0.2) is 24.3 Å². The van der Waals surface area contributed by atoms with Crippen LogP contribution in [0.3, 0.4) is 0 Å². The first kappa shape index (κ1) is 11.3. The van der Waals surface area contributed by atoms with E-state index in [1.807, 2.05) is 6.07 Å². The molecule has 4 nitrogen and oxygen atoms in total. The second-order valence-electron chi connectivity index (χ2n) is 2.81. The molecule has 1 aromatic rings. The van der Waals surface area contributed by atoms with Gasteiger partial charge < -0.3 is 14.8 Å². The van der Waals surface area contributed by atoms with Crippen molar-refractivity contribution in [1.82, 2.24) is 0 Å². The van der Waals surface area contributed by atoms with Crippen molar-refractivity contribution < 1.29 is 9.90 Å². The zero-order valence-corrected chi connectivity index (χ0v) is 8.57. The Labute approximate surface area is 92.3 Å². The lowest BCUT2D eigenvalue weighted by Crippen LogP contribution is -2.41. The maximum Gasteiger partial charge on any atom is 0.141 e. The van der Waals surface area contributed by atoms with Crippen LogP contribution in [0, 0.1) is 11.3 Å². The van der Waals surface area contributed by atoms with Gasteiger partial charge in [-0.1, -0.05) is 17.7 Å². The van der Waals surface area contributed by atoms with Gasteiger partial charge in [-0.05, 0) is 18.2 Å². The number of carbonyl (C=O) groups is 1. The predicted octanol–water partition coefficient (Wildman–Crippen LogP) is 1.40. The predicted molar refractivity (Wildman–Crippen MR) is 54.4 cm³/mol. The van der Waals surface area contributed by atoms with Crippen molar-refractivity contribution in [2.75, 3.05) is 11.4 Å². The van der Waals surface area contributed by atoms with Gasteiger partial charge in [0.2, 0.25) is 0 Å². The molecule has 0 bridgehead atoms. The van der Waals surface area contributed by atoms with Crippen molar-refractivity contribution in [2.45, 2.75) is 6.42 Å². The van der Waals surface area contributed by atoms with Crippen LogP contribution in [-0.2, 0) is 0 Å². The van der Waals surface area contributed by atoms with Crippen molar-refractivity contribution in [2.24, 2.45) is 0 Å². The Hall–Kier alpha value is -1.73. The molecular weight excluding hydrogens is 216 g/mol. The fourth-order valence-electron chi connectivity index (χ4n) is 1.13. The van der Waals surface area contributed by atoms with Crippen LogP contribution < -0.4 is 10.0 Å². The van der Waals surface area contributed by atoms with Gasteiger partial charge in [-0.3, -0.25) is 0 Å². The van der Waals surface area contributed by atoms with Crippen molar-refractivity contribution in [3.8, 4) is 6.07 Å². The number of benzene rings is 1. The summed E-state index contributed by atoms with van der Waals surface area (Å²) in [7, 11) is 0. The normalized spacial score (nSPS) is 9.33. The van der Waals surface area contributed by atoms with Gasteiger partial charge in [-0.15, -0.1) is 0 Å². The number of hydrogen-bond acceptors (Lipinski definition) is 3. The van der Waals surface area contributed by atoms with Crippen LogP contribution in [0.25, 0.3) is 0 Å². The lowest BCUT2D eigenvalue weighted by Gasteiger charge is -2.24. The van der Waals surface area contributed by atoms with Gasteiger partial charge in [0, 0.05) is 17.3 Å². The molecule has 0 heterocycles. The Kier molecular flexibility index (Phi) is 3.95.